The number of pyridine rings is 1. The summed E-state index contributed by atoms with van der Waals surface area (Å²) in [6.07, 6.45) is 4.38. The Morgan fingerprint density at radius 3 is 2.24 bits per heavy atom. The van der Waals surface area contributed by atoms with Gasteiger partial charge in [0.1, 0.15) is 11.9 Å². The number of hydrogen-bond acceptors (Lipinski definition) is 7. The van der Waals surface area contributed by atoms with Crippen LogP contribution in [0.2, 0.25) is 0 Å². The van der Waals surface area contributed by atoms with E-state index in [1.165, 1.54) is 42.6 Å². The summed E-state index contributed by atoms with van der Waals surface area (Å²) in [5, 5.41) is 5.32. The molecule has 1 aromatic heterocycles. The molecule has 2 saturated heterocycles. The van der Waals surface area contributed by atoms with Gasteiger partial charge >= 0.3 is 0 Å². The van der Waals surface area contributed by atoms with Gasteiger partial charge in [0, 0.05) is 38.0 Å². The Balaban J connectivity index is 1.42. The monoisotopic (exact) mass is 534 g/mol. The summed E-state index contributed by atoms with van der Waals surface area (Å²) in [5.74, 6) is -1.24. The fraction of sp³-hybridized carbons (Fsp3) is 0.480. The van der Waals surface area contributed by atoms with Crippen LogP contribution >= 0.6 is 0 Å². The number of amides is 2. The predicted molar refractivity (Wildman–Crippen MR) is 133 cm³/mol. The minimum atomic E-state index is -3.82. The molecule has 0 spiro atoms. The van der Waals surface area contributed by atoms with Gasteiger partial charge in [0.05, 0.1) is 11.9 Å². The molecule has 12 heteroatoms. The van der Waals surface area contributed by atoms with E-state index in [0.29, 0.717) is 51.4 Å². The molecule has 2 amide bonds. The highest BCUT2D eigenvalue weighted by Gasteiger charge is 2.27. The lowest BCUT2D eigenvalue weighted by atomic mass is 9.92. The first-order chi connectivity index (χ1) is 17.8. The highest BCUT2D eigenvalue weighted by atomic mass is 32.2. The number of hydrogen-bond donors (Lipinski definition) is 3. The van der Waals surface area contributed by atoms with Crippen LogP contribution in [0.15, 0.2) is 47.6 Å². The molecule has 37 heavy (non-hydrogen) atoms. The van der Waals surface area contributed by atoms with E-state index >= 15 is 0 Å². The van der Waals surface area contributed by atoms with Gasteiger partial charge in [0.15, 0.2) is 5.03 Å². The first kappa shape index (κ1) is 27.1. The van der Waals surface area contributed by atoms with Gasteiger partial charge < -0.3 is 20.1 Å². The topological polar surface area (TPSA) is 136 Å². The second kappa shape index (κ2) is 12.5. The van der Waals surface area contributed by atoms with E-state index < -0.39 is 33.7 Å². The van der Waals surface area contributed by atoms with Crippen LogP contribution in [0.25, 0.3) is 0 Å². The maximum Gasteiger partial charge on any atom is 0.258 e. The number of aromatic nitrogens is 1. The molecule has 2 aliphatic rings. The Labute approximate surface area is 215 Å². The summed E-state index contributed by atoms with van der Waals surface area (Å²) in [6, 6.07) is 6.77. The number of anilines is 1. The number of nitrogens with zero attached hydrogens (tertiary/aromatic N) is 1. The molecular weight excluding hydrogens is 503 g/mol. The zero-order valence-electron chi connectivity index (χ0n) is 20.3. The Morgan fingerprint density at radius 2 is 1.62 bits per heavy atom. The van der Waals surface area contributed by atoms with Crippen LogP contribution in [0.3, 0.4) is 0 Å². The van der Waals surface area contributed by atoms with Crippen LogP contribution in [0, 0.1) is 11.7 Å². The molecule has 0 radical (unpaired) electrons. The number of benzene rings is 1. The minimum Gasteiger partial charge on any atom is -0.381 e. The molecule has 2 fully saturated rings. The van der Waals surface area contributed by atoms with Crippen molar-refractivity contribution >= 4 is 27.5 Å². The lowest BCUT2D eigenvalue weighted by Crippen LogP contribution is -2.45. The fourth-order valence-electron chi connectivity index (χ4n) is 4.33. The molecule has 3 N–H and O–H groups in total. The Morgan fingerprint density at radius 1 is 0.973 bits per heavy atom. The normalized spacial score (nSPS) is 18.2. The van der Waals surface area contributed by atoms with Crippen molar-refractivity contribution in [3.05, 3.63) is 54.0 Å². The molecule has 4 rings (SSSR count). The lowest BCUT2D eigenvalue weighted by Gasteiger charge is -2.27. The summed E-state index contributed by atoms with van der Waals surface area (Å²) in [6.45, 7) is 2.18. The third kappa shape index (κ3) is 7.78. The largest absolute Gasteiger partial charge is 0.381 e. The number of carbonyl (C=O) groups excluding carboxylic acids is 2. The van der Waals surface area contributed by atoms with Crippen LogP contribution in [0.4, 0.5) is 10.1 Å². The Kier molecular flexibility index (Phi) is 9.19. The molecule has 1 atom stereocenters. The smallest absolute Gasteiger partial charge is 0.258 e. The average molecular weight is 535 g/mol. The predicted octanol–water partition coefficient (Wildman–Crippen LogP) is 2.23. The maximum atomic E-state index is 13.3. The van der Waals surface area contributed by atoms with Crippen molar-refractivity contribution in [2.45, 2.75) is 49.2 Å². The second-order valence-electron chi connectivity index (χ2n) is 9.21. The van der Waals surface area contributed by atoms with Crippen LogP contribution in [-0.4, -0.2) is 63.7 Å². The molecule has 0 bridgehead atoms. The van der Waals surface area contributed by atoms with E-state index in [-0.39, 0.29) is 22.5 Å². The average Bonchev–Trinajstić information content (AvgIpc) is 2.90. The molecule has 200 valence electrons. The molecule has 0 unspecified atom stereocenters. The zero-order valence-corrected chi connectivity index (χ0v) is 21.1. The van der Waals surface area contributed by atoms with Crippen molar-refractivity contribution in [1.29, 1.82) is 0 Å². The van der Waals surface area contributed by atoms with Crippen LogP contribution in [0.5, 0.6) is 0 Å². The highest BCUT2D eigenvalue weighted by Crippen LogP contribution is 2.22. The van der Waals surface area contributed by atoms with Crippen molar-refractivity contribution in [3.8, 4) is 0 Å². The molecule has 10 nitrogen and oxygen atoms in total. The standard InChI is InChI=1S/C25H31FN4O6S/c26-19-3-1-18(2-4-19)24(31)29-22(15-17-7-11-35-12-8-17)25(32)28-21-5-6-23(27-16-21)37(33,34)30-20-9-13-36-14-10-20/h1-6,16-17,20,22,30H,7-15H2,(H,28,32)(H,29,31)/t22-/m0/s1. The number of nitrogens with one attached hydrogen (secondary N) is 3. The first-order valence-electron chi connectivity index (χ1n) is 12.3. The maximum absolute atomic E-state index is 13.3. The SMILES string of the molecule is O=C(N[C@@H](CC1CCOCC1)C(=O)Nc1ccc(S(=O)(=O)NC2CCOCC2)nc1)c1ccc(F)cc1. The van der Waals surface area contributed by atoms with Crippen LogP contribution in [-0.2, 0) is 24.3 Å². The van der Waals surface area contributed by atoms with Gasteiger partial charge in [-0.2, -0.15) is 0 Å². The number of halogens is 1. The number of rotatable bonds is 9. The second-order valence-corrected chi connectivity index (χ2v) is 10.9. The first-order valence-corrected chi connectivity index (χ1v) is 13.8. The molecular formula is C25H31FN4O6S. The van der Waals surface area contributed by atoms with Crippen molar-refractivity contribution in [1.82, 2.24) is 15.0 Å². The number of ether oxygens (including phenoxy) is 2. The van der Waals surface area contributed by atoms with E-state index in [0.717, 1.165) is 12.8 Å². The van der Waals surface area contributed by atoms with Crippen molar-refractivity contribution in [3.63, 3.8) is 0 Å². The highest BCUT2D eigenvalue weighted by molar-refractivity contribution is 7.89. The van der Waals surface area contributed by atoms with Gasteiger partial charge in [0.25, 0.3) is 15.9 Å². The quantitative estimate of drug-likeness (QED) is 0.449. The zero-order chi connectivity index (χ0) is 26.3. The van der Waals surface area contributed by atoms with Gasteiger partial charge in [-0.05, 0) is 74.4 Å². The third-order valence-corrected chi connectivity index (χ3v) is 7.90. The summed E-state index contributed by atoms with van der Waals surface area (Å²) in [4.78, 5) is 29.9. The van der Waals surface area contributed by atoms with E-state index in [4.69, 9.17) is 9.47 Å². The van der Waals surface area contributed by atoms with Gasteiger partial charge in [0.2, 0.25) is 5.91 Å². The lowest BCUT2D eigenvalue weighted by molar-refractivity contribution is -0.118. The molecule has 2 aliphatic heterocycles. The van der Waals surface area contributed by atoms with Crippen molar-refractivity contribution in [2.24, 2.45) is 5.92 Å². The van der Waals surface area contributed by atoms with Crippen molar-refractivity contribution < 1.29 is 31.9 Å². The summed E-state index contributed by atoms with van der Waals surface area (Å²) >= 11 is 0. The Bertz CT molecular complexity index is 1160. The van der Waals surface area contributed by atoms with Gasteiger partial charge in [-0.3, -0.25) is 9.59 Å². The number of sulfonamides is 1. The molecule has 2 aromatic rings. The summed E-state index contributed by atoms with van der Waals surface area (Å²) < 4.78 is 51.9. The summed E-state index contributed by atoms with van der Waals surface area (Å²) in [5.41, 5.74) is 0.530. The van der Waals surface area contributed by atoms with Crippen LogP contribution in [0.1, 0.15) is 42.5 Å². The van der Waals surface area contributed by atoms with E-state index in [1.807, 2.05) is 0 Å². The van der Waals surface area contributed by atoms with Gasteiger partial charge in [-0.1, -0.05) is 0 Å². The molecule has 1 aromatic carbocycles. The van der Waals surface area contributed by atoms with Gasteiger partial charge in [-0.25, -0.2) is 22.5 Å². The minimum absolute atomic E-state index is 0.152. The molecule has 3 heterocycles. The van der Waals surface area contributed by atoms with Gasteiger partial charge in [-0.15, -0.1) is 0 Å². The van der Waals surface area contributed by atoms with Crippen molar-refractivity contribution in [2.75, 3.05) is 31.7 Å². The molecule has 0 saturated carbocycles. The van der Waals surface area contributed by atoms with E-state index in [2.05, 4.69) is 20.3 Å². The number of carbonyl (C=O) groups is 2. The fourth-order valence-corrected chi connectivity index (χ4v) is 5.56. The summed E-state index contributed by atoms with van der Waals surface area (Å²) in [7, 11) is -3.82. The van der Waals surface area contributed by atoms with E-state index in [9.17, 15) is 22.4 Å². The van der Waals surface area contributed by atoms with Crippen LogP contribution < -0.4 is 15.4 Å². The Hall–Kier alpha value is -2.93. The van der Waals surface area contributed by atoms with E-state index in [1.54, 1.807) is 0 Å². The third-order valence-electron chi connectivity index (χ3n) is 6.46. The molecule has 0 aliphatic carbocycles.